The van der Waals surface area contributed by atoms with Crippen molar-refractivity contribution in [1.29, 1.82) is 0 Å². The minimum absolute atomic E-state index is 0. The fourth-order valence-corrected chi connectivity index (χ4v) is 7.72. The molecule has 0 spiro atoms. The van der Waals surface area contributed by atoms with Crippen LogP contribution in [0.1, 0.15) is 72.3 Å². The molecule has 4 heterocycles. The molecule has 17 heteroatoms. The average molecular weight is 769 g/mol. The Morgan fingerprint density at radius 2 is 1.07 bits per heavy atom. The number of piperazine rings is 2. The maximum atomic E-state index is 15.1. The van der Waals surface area contributed by atoms with Crippen LogP contribution < -0.4 is 40.8 Å². The predicted molar refractivity (Wildman–Crippen MR) is 203 cm³/mol. The maximum absolute atomic E-state index is 15.1. The molecule has 55 heavy (non-hydrogen) atoms. The summed E-state index contributed by atoms with van der Waals surface area (Å²) in [5.74, 6) is -3.18. The lowest BCUT2D eigenvalue weighted by Crippen LogP contribution is -2.49. The summed E-state index contributed by atoms with van der Waals surface area (Å²) in [6.45, 7) is 7.94. The number of halogens is 2. The van der Waals surface area contributed by atoms with Crippen molar-refractivity contribution in [3.8, 4) is 11.5 Å². The number of benzene rings is 2. The van der Waals surface area contributed by atoms with E-state index in [9.17, 15) is 29.4 Å². The number of methoxy groups -OCH3 is 2. The van der Waals surface area contributed by atoms with Crippen LogP contribution in [-0.4, -0.2) is 102 Å². The van der Waals surface area contributed by atoms with E-state index in [0.29, 0.717) is 60.1 Å². The van der Waals surface area contributed by atoms with Crippen molar-refractivity contribution >= 4 is 45.1 Å². The molecule has 8 rings (SSSR count). The van der Waals surface area contributed by atoms with Gasteiger partial charge in [0, 0.05) is 75.8 Å². The number of nitrogens with zero attached hydrogens (tertiary/aromatic N) is 4. The van der Waals surface area contributed by atoms with Gasteiger partial charge in [-0.1, -0.05) is 0 Å². The van der Waals surface area contributed by atoms with Crippen LogP contribution in [0.4, 0.5) is 20.2 Å². The van der Waals surface area contributed by atoms with Crippen LogP contribution in [-0.2, 0) is 0 Å². The Labute approximate surface area is 314 Å². The summed E-state index contributed by atoms with van der Waals surface area (Å²) in [6, 6.07) is 2.90. The Hall–Kier alpha value is -5.26. The van der Waals surface area contributed by atoms with E-state index in [1.54, 1.807) is 9.13 Å². The molecule has 2 atom stereocenters. The number of hydrogen-bond donors (Lipinski definition) is 4. The monoisotopic (exact) mass is 768 g/mol. The smallest absolute Gasteiger partial charge is 0.341 e. The van der Waals surface area contributed by atoms with Crippen LogP contribution in [0.5, 0.6) is 11.5 Å². The van der Waals surface area contributed by atoms with Gasteiger partial charge in [-0.3, -0.25) is 9.59 Å². The molecule has 0 bridgehead atoms. The third-order valence-corrected chi connectivity index (χ3v) is 10.5. The number of aromatic nitrogens is 2. The number of carbonyl (C=O) groups is 2. The van der Waals surface area contributed by atoms with Crippen molar-refractivity contribution in [1.82, 2.24) is 19.8 Å². The van der Waals surface area contributed by atoms with Crippen LogP contribution in [0.2, 0.25) is 0 Å². The summed E-state index contributed by atoms with van der Waals surface area (Å²) < 4.78 is 44.9. The van der Waals surface area contributed by atoms with Crippen molar-refractivity contribution in [3.63, 3.8) is 0 Å². The highest BCUT2D eigenvalue weighted by Gasteiger charge is 2.34. The van der Waals surface area contributed by atoms with E-state index in [1.807, 2.05) is 23.6 Å². The minimum Gasteiger partial charge on any atom is -0.492 e. The molecule has 2 saturated carbocycles. The number of carboxylic acid groups (broad SMARTS) is 2. The number of rotatable bonds is 8. The predicted octanol–water partition coefficient (Wildman–Crippen LogP) is 3.14. The largest absolute Gasteiger partial charge is 0.492 e. The number of fused-ring (bicyclic) bond motifs is 2. The zero-order valence-electron chi connectivity index (χ0n) is 31.1. The molecule has 6 N–H and O–H groups in total. The summed E-state index contributed by atoms with van der Waals surface area (Å²) in [5.41, 5.74) is -0.474. The molecule has 2 aromatic heterocycles. The highest BCUT2D eigenvalue weighted by atomic mass is 19.1. The molecule has 296 valence electrons. The van der Waals surface area contributed by atoms with Crippen LogP contribution in [0.3, 0.4) is 0 Å². The lowest BCUT2D eigenvalue weighted by Gasteiger charge is -2.35. The van der Waals surface area contributed by atoms with E-state index >= 15 is 8.78 Å². The highest BCUT2D eigenvalue weighted by molar-refractivity contribution is 5.98. The number of anilines is 2. The van der Waals surface area contributed by atoms with Gasteiger partial charge in [0.05, 0.1) is 36.0 Å². The number of carboxylic acids is 2. The second-order valence-corrected chi connectivity index (χ2v) is 14.5. The van der Waals surface area contributed by atoms with Crippen LogP contribution in [0.25, 0.3) is 21.8 Å². The summed E-state index contributed by atoms with van der Waals surface area (Å²) in [7, 11) is 2.91. The van der Waals surface area contributed by atoms with Crippen molar-refractivity contribution in [2.45, 2.75) is 63.7 Å². The lowest BCUT2D eigenvalue weighted by molar-refractivity contribution is 0.0684. The highest BCUT2D eigenvalue weighted by Crippen LogP contribution is 2.45. The van der Waals surface area contributed by atoms with Crippen molar-refractivity contribution < 1.29 is 43.5 Å². The summed E-state index contributed by atoms with van der Waals surface area (Å²) in [4.78, 5) is 52.2. The summed E-state index contributed by atoms with van der Waals surface area (Å²) >= 11 is 0. The van der Waals surface area contributed by atoms with Gasteiger partial charge in [0.2, 0.25) is 10.9 Å². The van der Waals surface area contributed by atoms with Crippen LogP contribution in [0, 0.1) is 11.6 Å². The third-order valence-electron chi connectivity index (χ3n) is 10.5. The maximum Gasteiger partial charge on any atom is 0.341 e. The quantitative estimate of drug-likeness (QED) is 0.205. The van der Waals surface area contributed by atoms with Gasteiger partial charge in [0.1, 0.15) is 22.5 Å². The van der Waals surface area contributed by atoms with Gasteiger partial charge >= 0.3 is 11.9 Å². The molecule has 15 nitrogen and oxygen atoms in total. The Bertz CT molecular complexity index is 2130. The normalized spacial score (nSPS) is 19.7. The third kappa shape index (κ3) is 7.30. The minimum atomic E-state index is -1.31. The van der Waals surface area contributed by atoms with E-state index in [1.165, 1.54) is 26.6 Å². The van der Waals surface area contributed by atoms with Gasteiger partial charge in [0.25, 0.3) is 0 Å². The number of ether oxygens (including phenoxy) is 2. The van der Waals surface area contributed by atoms with E-state index in [4.69, 9.17) is 9.47 Å². The lowest BCUT2D eigenvalue weighted by atomic mass is 10.1. The molecule has 0 amide bonds. The molecular weight excluding hydrogens is 722 g/mol. The number of aromatic carboxylic acids is 2. The molecule has 2 aliphatic carbocycles. The van der Waals surface area contributed by atoms with Gasteiger partial charge in [-0.05, 0) is 51.7 Å². The van der Waals surface area contributed by atoms with E-state index in [2.05, 4.69) is 10.6 Å². The topological polar surface area (TPSA) is 199 Å². The Morgan fingerprint density at radius 3 is 1.36 bits per heavy atom. The van der Waals surface area contributed by atoms with Gasteiger partial charge in [-0.25, -0.2) is 18.4 Å². The van der Waals surface area contributed by atoms with E-state index in [0.717, 1.165) is 50.9 Å². The zero-order valence-corrected chi connectivity index (χ0v) is 31.1. The number of hydrogen-bond acceptors (Lipinski definition) is 10. The van der Waals surface area contributed by atoms with Gasteiger partial charge < -0.3 is 54.7 Å². The molecule has 4 aromatic rings. The number of nitrogens with one attached hydrogen (secondary N) is 2. The van der Waals surface area contributed by atoms with Crippen molar-refractivity contribution in [2.24, 2.45) is 0 Å². The first-order valence-electron chi connectivity index (χ1n) is 18.2. The number of pyridine rings is 2. The SMILES string of the molecule is COc1c(N2CCNC(C)C2)c(F)cc2c(=O)c(C(=O)O)cn(C3CC3)c12.COc1c(N2CCNC(C)C2)c(F)cc2c(=O)c(C(=O)O)cn(C3CC3)c12.O. The standard InChI is InChI=1S/2C19H22FN3O4.H2O/c2*1-10-8-22(6-5-21-10)16-14(20)7-12-15(18(16)27-2)23(11-3-4-11)9-13(17(12)24)19(25)26;/h2*7,9-11,21H,3-6,8H2,1-2H3,(H,25,26);1H2. The first kappa shape index (κ1) is 39.4. The zero-order chi connectivity index (χ0) is 38.6. The molecule has 2 aliphatic heterocycles. The second kappa shape index (κ2) is 15.5. The van der Waals surface area contributed by atoms with Crippen molar-refractivity contribution in [3.05, 3.63) is 67.7 Å². The Balaban J connectivity index is 0.000000184. The first-order chi connectivity index (χ1) is 25.8. The van der Waals surface area contributed by atoms with E-state index < -0.39 is 34.4 Å². The van der Waals surface area contributed by atoms with Crippen LogP contribution in [0.15, 0.2) is 34.1 Å². The molecule has 0 radical (unpaired) electrons. The summed E-state index contributed by atoms with van der Waals surface area (Å²) in [5, 5.41) is 25.5. The molecule has 2 saturated heterocycles. The summed E-state index contributed by atoms with van der Waals surface area (Å²) in [6.07, 6.45) is 6.29. The van der Waals surface area contributed by atoms with Gasteiger partial charge in [-0.15, -0.1) is 0 Å². The fraction of sp³-hybridized carbons (Fsp3) is 0.474. The van der Waals surface area contributed by atoms with E-state index in [-0.39, 0.29) is 51.5 Å². The molecule has 4 aliphatic rings. The second-order valence-electron chi connectivity index (χ2n) is 14.5. The molecule has 4 fully saturated rings. The Kier molecular flexibility index (Phi) is 11.1. The molecule has 2 aromatic carbocycles. The molecular formula is C38H46F2N6O9. The first-order valence-corrected chi connectivity index (χ1v) is 18.2. The average Bonchev–Trinajstić information content (AvgIpc) is 4.06. The van der Waals surface area contributed by atoms with Crippen LogP contribution >= 0.6 is 0 Å². The van der Waals surface area contributed by atoms with Gasteiger partial charge in [0.15, 0.2) is 23.1 Å². The van der Waals surface area contributed by atoms with Gasteiger partial charge in [-0.2, -0.15) is 0 Å². The fourth-order valence-electron chi connectivity index (χ4n) is 7.72. The van der Waals surface area contributed by atoms with Crippen molar-refractivity contribution in [2.75, 3.05) is 63.3 Å². The molecule has 2 unspecified atom stereocenters. The Morgan fingerprint density at radius 1 is 0.709 bits per heavy atom.